The van der Waals surface area contributed by atoms with Crippen molar-refractivity contribution in [3.8, 4) is 0 Å². The summed E-state index contributed by atoms with van der Waals surface area (Å²) in [4.78, 5) is 3.93. The van der Waals surface area contributed by atoms with Gasteiger partial charge in [-0.25, -0.2) is 0 Å². The molecule has 0 saturated carbocycles. The zero-order valence-electron chi connectivity index (χ0n) is 7.43. The van der Waals surface area contributed by atoms with Gasteiger partial charge in [0.15, 0.2) is 5.82 Å². The van der Waals surface area contributed by atoms with E-state index >= 15 is 0 Å². The van der Waals surface area contributed by atoms with Crippen LogP contribution in [0.1, 0.15) is 24.7 Å². The van der Waals surface area contributed by atoms with Crippen LogP contribution in [0.2, 0.25) is 0 Å². The quantitative estimate of drug-likeness (QED) is 0.651. The molecule has 74 valence electrons. The Balaban J connectivity index is 2.53. The van der Waals surface area contributed by atoms with Crippen molar-refractivity contribution in [3.05, 3.63) is 11.7 Å². The van der Waals surface area contributed by atoms with Crippen molar-refractivity contribution in [1.29, 1.82) is 0 Å². The van der Waals surface area contributed by atoms with Gasteiger partial charge in [-0.1, -0.05) is 5.16 Å². The number of hydrogen-bond donors (Lipinski definition) is 2. The van der Waals surface area contributed by atoms with Gasteiger partial charge in [0.2, 0.25) is 0 Å². The molecule has 3 N–H and O–H groups in total. The Bertz CT molecular complexity index is 251. The number of hydrogen-bond acceptors (Lipinski definition) is 6. The highest BCUT2D eigenvalue weighted by Gasteiger charge is 2.12. The third kappa shape index (κ3) is 2.76. The van der Waals surface area contributed by atoms with Gasteiger partial charge in [-0.05, 0) is 6.92 Å². The molecule has 0 radical (unpaired) electrons. The maximum atomic E-state index is 8.70. The van der Waals surface area contributed by atoms with E-state index in [-0.39, 0.29) is 13.2 Å². The second-order valence-electron chi connectivity index (χ2n) is 2.47. The number of nitrogens with two attached hydrogens (primary N) is 1. The molecule has 1 rings (SSSR count). The van der Waals surface area contributed by atoms with E-state index < -0.39 is 6.04 Å². The zero-order valence-corrected chi connectivity index (χ0v) is 7.43. The fourth-order valence-corrected chi connectivity index (χ4v) is 0.748. The van der Waals surface area contributed by atoms with E-state index in [2.05, 4.69) is 10.1 Å². The van der Waals surface area contributed by atoms with E-state index in [9.17, 15) is 0 Å². The molecule has 0 spiro atoms. The molecule has 0 aliphatic heterocycles. The molecule has 0 saturated heterocycles. The van der Waals surface area contributed by atoms with Crippen molar-refractivity contribution in [1.82, 2.24) is 10.1 Å². The lowest BCUT2D eigenvalue weighted by molar-refractivity contribution is 0.109. The Morgan fingerprint density at radius 2 is 2.46 bits per heavy atom. The predicted octanol–water partition coefficient (Wildman–Crippen LogP) is -0.402. The molecule has 0 amide bonds. The SMILES string of the molecule is CCOCc1nc(C(N)CO)no1. The highest BCUT2D eigenvalue weighted by molar-refractivity contribution is 4.91. The maximum absolute atomic E-state index is 8.70. The smallest absolute Gasteiger partial charge is 0.252 e. The van der Waals surface area contributed by atoms with Crippen LogP contribution in [0.5, 0.6) is 0 Å². The van der Waals surface area contributed by atoms with Crippen molar-refractivity contribution in [3.63, 3.8) is 0 Å². The second kappa shape index (κ2) is 4.90. The van der Waals surface area contributed by atoms with Crippen molar-refractivity contribution in [2.24, 2.45) is 5.73 Å². The summed E-state index contributed by atoms with van der Waals surface area (Å²) in [5, 5.41) is 12.3. The molecule has 1 atom stereocenters. The van der Waals surface area contributed by atoms with Crippen LogP contribution in [0.25, 0.3) is 0 Å². The Morgan fingerprint density at radius 1 is 1.69 bits per heavy atom. The highest BCUT2D eigenvalue weighted by atomic mass is 16.5. The van der Waals surface area contributed by atoms with Crippen molar-refractivity contribution in [2.45, 2.75) is 19.6 Å². The second-order valence-corrected chi connectivity index (χ2v) is 2.47. The van der Waals surface area contributed by atoms with Crippen LogP contribution in [-0.4, -0.2) is 28.5 Å². The Labute approximate surface area is 75.7 Å². The number of aliphatic hydroxyl groups excluding tert-OH is 1. The summed E-state index contributed by atoms with van der Waals surface area (Å²) in [5.74, 6) is 0.679. The van der Waals surface area contributed by atoms with E-state index in [1.807, 2.05) is 6.92 Å². The van der Waals surface area contributed by atoms with Crippen LogP contribution in [-0.2, 0) is 11.3 Å². The van der Waals surface area contributed by atoms with E-state index in [4.69, 9.17) is 20.1 Å². The number of aliphatic hydroxyl groups is 1. The molecule has 1 aromatic heterocycles. The van der Waals surface area contributed by atoms with Crippen LogP contribution < -0.4 is 5.73 Å². The van der Waals surface area contributed by atoms with Crippen LogP contribution in [0.3, 0.4) is 0 Å². The Kier molecular flexibility index (Phi) is 3.81. The summed E-state index contributed by atoms with van der Waals surface area (Å²) in [5.41, 5.74) is 5.46. The van der Waals surface area contributed by atoms with Gasteiger partial charge in [0.1, 0.15) is 6.61 Å². The summed E-state index contributed by atoms with van der Waals surface area (Å²) in [6, 6.07) is -0.584. The van der Waals surface area contributed by atoms with Gasteiger partial charge in [-0.2, -0.15) is 4.98 Å². The lowest BCUT2D eigenvalue weighted by Gasteiger charge is -1.98. The fourth-order valence-electron chi connectivity index (χ4n) is 0.748. The average molecular weight is 187 g/mol. The summed E-state index contributed by atoms with van der Waals surface area (Å²) in [6.07, 6.45) is 0. The van der Waals surface area contributed by atoms with Gasteiger partial charge in [-0.3, -0.25) is 0 Å². The van der Waals surface area contributed by atoms with Gasteiger partial charge in [0, 0.05) is 6.61 Å². The largest absolute Gasteiger partial charge is 0.394 e. The molecule has 0 aromatic carbocycles. The minimum Gasteiger partial charge on any atom is -0.394 e. The van der Waals surface area contributed by atoms with Gasteiger partial charge in [0.05, 0.1) is 12.6 Å². The standard InChI is InChI=1S/C7H13N3O3/c1-2-12-4-6-9-7(10-13-6)5(8)3-11/h5,11H,2-4,8H2,1H3. The summed E-state index contributed by atoms with van der Waals surface area (Å²) >= 11 is 0. The van der Waals surface area contributed by atoms with E-state index in [0.29, 0.717) is 18.3 Å². The predicted molar refractivity (Wildman–Crippen MR) is 43.6 cm³/mol. The molecule has 6 nitrogen and oxygen atoms in total. The average Bonchev–Trinajstić information content (AvgIpc) is 2.62. The summed E-state index contributed by atoms with van der Waals surface area (Å²) in [7, 11) is 0. The minimum absolute atomic E-state index is 0.201. The molecule has 0 bridgehead atoms. The lowest BCUT2D eigenvalue weighted by Crippen LogP contribution is -2.16. The molecular weight excluding hydrogens is 174 g/mol. The van der Waals surface area contributed by atoms with E-state index in [1.165, 1.54) is 0 Å². The number of rotatable bonds is 5. The third-order valence-corrected chi connectivity index (χ3v) is 1.44. The first-order chi connectivity index (χ1) is 6.27. The Hall–Kier alpha value is -0.980. The van der Waals surface area contributed by atoms with Crippen molar-refractivity contribution < 1.29 is 14.4 Å². The first-order valence-electron chi connectivity index (χ1n) is 4.04. The first kappa shape index (κ1) is 10.1. The molecule has 0 aliphatic carbocycles. The van der Waals surface area contributed by atoms with E-state index in [0.717, 1.165) is 0 Å². The van der Waals surface area contributed by atoms with Crippen molar-refractivity contribution >= 4 is 0 Å². The molecule has 1 aromatic rings. The van der Waals surface area contributed by atoms with Crippen molar-refractivity contribution in [2.75, 3.05) is 13.2 Å². The summed E-state index contributed by atoms with van der Waals surface area (Å²) < 4.78 is 9.86. The molecule has 6 heteroatoms. The normalized spacial score (nSPS) is 13.2. The highest BCUT2D eigenvalue weighted by Crippen LogP contribution is 2.05. The van der Waals surface area contributed by atoms with Gasteiger partial charge < -0.3 is 20.1 Å². The van der Waals surface area contributed by atoms with Gasteiger partial charge in [0.25, 0.3) is 5.89 Å². The number of aromatic nitrogens is 2. The minimum atomic E-state index is -0.584. The molecular formula is C7H13N3O3. The Morgan fingerprint density at radius 3 is 3.08 bits per heavy atom. The topological polar surface area (TPSA) is 94.4 Å². The molecule has 1 unspecified atom stereocenters. The van der Waals surface area contributed by atoms with Crippen LogP contribution in [0, 0.1) is 0 Å². The lowest BCUT2D eigenvalue weighted by atomic mass is 10.3. The maximum Gasteiger partial charge on any atom is 0.252 e. The monoisotopic (exact) mass is 187 g/mol. The number of ether oxygens (including phenoxy) is 1. The summed E-state index contributed by atoms with van der Waals surface area (Å²) in [6.45, 7) is 2.54. The van der Waals surface area contributed by atoms with Crippen LogP contribution >= 0.6 is 0 Å². The fraction of sp³-hybridized carbons (Fsp3) is 0.714. The molecule has 13 heavy (non-hydrogen) atoms. The third-order valence-electron chi connectivity index (χ3n) is 1.44. The zero-order chi connectivity index (χ0) is 9.68. The van der Waals surface area contributed by atoms with Crippen LogP contribution in [0.4, 0.5) is 0 Å². The van der Waals surface area contributed by atoms with Gasteiger partial charge in [-0.15, -0.1) is 0 Å². The van der Waals surface area contributed by atoms with Gasteiger partial charge >= 0.3 is 0 Å². The molecule has 1 heterocycles. The van der Waals surface area contributed by atoms with Crippen LogP contribution in [0.15, 0.2) is 4.52 Å². The first-order valence-corrected chi connectivity index (χ1v) is 4.04. The molecule has 0 fully saturated rings. The van der Waals surface area contributed by atoms with E-state index in [1.54, 1.807) is 0 Å². The molecule has 0 aliphatic rings. The number of nitrogens with zero attached hydrogens (tertiary/aromatic N) is 2.